The van der Waals surface area contributed by atoms with E-state index in [1.165, 1.54) is 11.1 Å². The molecule has 2 rings (SSSR count). The van der Waals surface area contributed by atoms with Crippen molar-refractivity contribution in [2.45, 2.75) is 39.8 Å². The summed E-state index contributed by atoms with van der Waals surface area (Å²) in [6.45, 7) is 6.93. The van der Waals surface area contributed by atoms with Gasteiger partial charge < -0.3 is 5.32 Å². The van der Waals surface area contributed by atoms with E-state index in [1.807, 2.05) is 36.9 Å². The first-order chi connectivity index (χ1) is 9.97. The van der Waals surface area contributed by atoms with Gasteiger partial charge in [-0.05, 0) is 51.1 Å². The predicted molar refractivity (Wildman–Crippen MR) is 89.3 cm³/mol. The van der Waals surface area contributed by atoms with Gasteiger partial charge in [-0.2, -0.15) is 5.10 Å². The smallest absolute Gasteiger partial charge is 0.0847 e. The van der Waals surface area contributed by atoms with Gasteiger partial charge >= 0.3 is 0 Å². The predicted octanol–water partition coefficient (Wildman–Crippen LogP) is 4.33. The van der Waals surface area contributed by atoms with Crippen molar-refractivity contribution in [2.24, 2.45) is 0 Å². The molecule has 1 unspecified atom stereocenters. The zero-order valence-electron chi connectivity index (χ0n) is 12.9. The molecule has 1 N–H and O–H groups in total. The Hall–Kier alpha value is -1.03. The van der Waals surface area contributed by atoms with Crippen LogP contribution < -0.4 is 5.32 Å². The number of hydrogen-bond donors (Lipinski definition) is 1. The van der Waals surface area contributed by atoms with Gasteiger partial charge in [0.25, 0.3) is 0 Å². The molecule has 1 heterocycles. The molecular formula is C16H21Cl2N3. The molecule has 1 aromatic heterocycles. The number of benzene rings is 1. The van der Waals surface area contributed by atoms with Gasteiger partial charge in [0.15, 0.2) is 0 Å². The Labute approximate surface area is 136 Å². The molecule has 0 aliphatic heterocycles. The van der Waals surface area contributed by atoms with Crippen LogP contribution in [0.4, 0.5) is 0 Å². The Morgan fingerprint density at radius 1 is 1.29 bits per heavy atom. The zero-order valence-corrected chi connectivity index (χ0v) is 14.4. The molecule has 3 nitrogen and oxygen atoms in total. The van der Waals surface area contributed by atoms with E-state index in [0.29, 0.717) is 0 Å². The van der Waals surface area contributed by atoms with Crippen molar-refractivity contribution in [3.63, 3.8) is 0 Å². The third kappa shape index (κ3) is 3.42. The highest BCUT2D eigenvalue weighted by molar-refractivity contribution is 6.32. The standard InChI is InChI=1S/C16H21Cl2N3/c1-5-21-15(16(18)11(3)20-21)9-14(19-4)13-8-12(17)7-6-10(13)2/h6-8,14,19H,5,9H2,1-4H3. The lowest BCUT2D eigenvalue weighted by Gasteiger charge is -2.20. The van der Waals surface area contributed by atoms with Crippen LogP contribution in [0.2, 0.25) is 10.0 Å². The fourth-order valence-corrected chi connectivity index (χ4v) is 3.00. The number of nitrogens with one attached hydrogen (secondary N) is 1. The minimum absolute atomic E-state index is 0.155. The van der Waals surface area contributed by atoms with Gasteiger partial charge in [-0.25, -0.2) is 0 Å². The molecule has 1 atom stereocenters. The van der Waals surface area contributed by atoms with Crippen molar-refractivity contribution < 1.29 is 0 Å². The number of aryl methyl sites for hydroxylation is 3. The largest absolute Gasteiger partial charge is 0.313 e. The number of rotatable bonds is 5. The Balaban J connectivity index is 2.38. The highest BCUT2D eigenvalue weighted by atomic mass is 35.5. The first-order valence-electron chi connectivity index (χ1n) is 7.13. The van der Waals surface area contributed by atoms with Crippen molar-refractivity contribution in [1.29, 1.82) is 0 Å². The van der Waals surface area contributed by atoms with Crippen LogP contribution in [0.15, 0.2) is 18.2 Å². The Morgan fingerprint density at radius 3 is 2.62 bits per heavy atom. The third-order valence-corrected chi connectivity index (χ3v) is 4.54. The van der Waals surface area contributed by atoms with Gasteiger partial charge in [-0.15, -0.1) is 0 Å². The van der Waals surface area contributed by atoms with Gasteiger partial charge in [0.2, 0.25) is 0 Å². The number of nitrogens with zero attached hydrogens (tertiary/aromatic N) is 2. The highest BCUT2D eigenvalue weighted by Crippen LogP contribution is 2.28. The normalized spacial score (nSPS) is 12.7. The molecule has 1 aromatic carbocycles. The minimum atomic E-state index is 0.155. The van der Waals surface area contributed by atoms with Crippen molar-refractivity contribution >= 4 is 23.2 Å². The van der Waals surface area contributed by atoms with Crippen LogP contribution in [-0.2, 0) is 13.0 Å². The second-order valence-electron chi connectivity index (χ2n) is 5.21. The van der Waals surface area contributed by atoms with Gasteiger partial charge in [0, 0.05) is 24.0 Å². The lowest BCUT2D eigenvalue weighted by Crippen LogP contribution is -2.21. The fourth-order valence-electron chi connectivity index (χ4n) is 2.61. The maximum absolute atomic E-state index is 6.42. The fraction of sp³-hybridized carbons (Fsp3) is 0.438. The van der Waals surface area contributed by atoms with E-state index in [-0.39, 0.29) is 6.04 Å². The highest BCUT2D eigenvalue weighted by Gasteiger charge is 2.19. The second kappa shape index (κ2) is 6.82. The van der Waals surface area contributed by atoms with E-state index in [4.69, 9.17) is 23.2 Å². The van der Waals surface area contributed by atoms with Crippen LogP contribution in [-0.4, -0.2) is 16.8 Å². The van der Waals surface area contributed by atoms with Crippen LogP contribution >= 0.6 is 23.2 Å². The van der Waals surface area contributed by atoms with Crippen LogP contribution in [0.3, 0.4) is 0 Å². The van der Waals surface area contributed by atoms with Crippen molar-refractivity contribution in [2.75, 3.05) is 7.05 Å². The van der Waals surface area contributed by atoms with Gasteiger partial charge in [0.1, 0.15) is 0 Å². The van der Waals surface area contributed by atoms with Crippen LogP contribution in [0.1, 0.15) is 35.5 Å². The molecule has 21 heavy (non-hydrogen) atoms. The topological polar surface area (TPSA) is 29.9 Å². The van der Waals surface area contributed by atoms with E-state index in [9.17, 15) is 0 Å². The number of likely N-dealkylation sites (N-methyl/N-ethyl adjacent to an activating group) is 1. The molecule has 0 bridgehead atoms. The summed E-state index contributed by atoms with van der Waals surface area (Å²) in [7, 11) is 1.96. The first-order valence-corrected chi connectivity index (χ1v) is 7.88. The maximum Gasteiger partial charge on any atom is 0.0847 e. The lowest BCUT2D eigenvalue weighted by molar-refractivity contribution is 0.539. The summed E-state index contributed by atoms with van der Waals surface area (Å²) >= 11 is 12.6. The minimum Gasteiger partial charge on any atom is -0.313 e. The monoisotopic (exact) mass is 325 g/mol. The molecule has 0 aliphatic rings. The van der Waals surface area contributed by atoms with Gasteiger partial charge in [-0.3, -0.25) is 4.68 Å². The summed E-state index contributed by atoms with van der Waals surface area (Å²) in [6, 6.07) is 6.14. The summed E-state index contributed by atoms with van der Waals surface area (Å²) in [5.74, 6) is 0. The molecule has 0 spiro atoms. The number of hydrogen-bond acceptors (Lipinski definition) is 2. The SMILES string of the molecule is CCn1nc(C)c(Cl)c1CC(NC)c1cc(Cl)ccc1C. The van der Waals surface area contributed by atoms with Crippen LogP contribution in [0, 0.1) is 13.8 Å². The van der Waals surface area contributed by atoms with Crippen LogP contribution in [0.25, 0.3) is 0 Å². The average Bonchev–Trinajstić information content (AvgIpc) is 2.74. The van der Waals surface area contributed by atoms with E-state index in [2.05, 4.69) is 24.3 Å². The summed E-state index contributed by atoms with van der Waals surface area (Å²) in [4.78, 5) is 0. The zero-order chi connectivity index (χ0) is 15.6. The van der Waals surface area contributed by atoms with Crippen molar-refractivity contribution in [1.82, 2.24) is 15.1 Å². The van der Waals surface area contributed by atoms with E-state index in [0.717, 1.165) is 34.4 Å². The van der Waals surface area contributed by atoms with E-state index in [1.54, 1.807) is 0 Å². The maximum atomic E-state index is 6.42. The molecule has 0 radical (unpaired) electrons. The lowest BCUT2D eigenvalue weighted by atomic mass is 9.97. The molecule has 0 saturated carbocycles. The summed E-state index contributed by atoms with van der Waals surface area (Å²) < 4.78 is 1.97. The average molecular weight is 326 g/mol. The van der Waals surface area contributed by atoms with Crippen molar-refractivity contribution in [3.8, 4) is 0 Å². The molecule has 0 aliphatic carbocycles. The molecular weight excluding hydrogens is 305 g/mol. The second-order valence-corrected chi connectivity index (χ2v) is 6.02. The Kier molecular flexibility index (Phi) is 5.31. The Morgan fingerprint density at radius 2 is 2.00 bits per heavy atom. The summed E-state index contributed by atoms with van der Waals surface area (Å²) in [6.07, 6.45) is 0.783. The first kappa shape index (κ1) is 16.3. The quantitative estimate of drug-likeness (QED) is 0.886. The molecule has 0 amide bonds. The molecule has 114 valence electrons. The third-order valence-electron chi connectivity index (χ3n) is 3.82. The van der Waals surface area contributed by atoms with Gasteiger partial charge in [-0.1, -0.05) is 29.3 Å². The van der Waals surface area contributed by atoms with E-state index < -0.39 is 0 Å². The van der Waals surface area contributed by atoms with E-state index >= 15 is 0 Å². The molecule has 0 saturated heterocycles. The number of aromatic nitrogens is 2. The molecule has 5 heteroatoms. The molecule has 0 fully saturated rings. The van der Waals surface area contributed by atoms with Crippen molar-refractivity contribution in [3.05, 3.63) is 50.8 Å². The number of halogens is 2. The molecule has 2 aromatic rings. The van der Waals surface area contributed by atoms with Gasteiger partial charge in [0.05, 0.1) is 16.4 Å². The summed E-state index contributed by atoms with van der Waals surface area (Å²) in [5, 5.41) is 9.36. The summed E-state index contributed by atoms with van der Waals surface area (Å²) in [5.41, 5.74) is 4.36. The van der Waals surface area contributed by atoms with Crippen LogP contribution in [0.5, 0.6) is 0 Å². The Bertz CT molecular complexity index is 635.